The van der Waals surface area contributed by atoms with Gasteiger partial charge >= 0.3 is 0 Å². The fourth-order valence-corrected chi connectivity index (χ4v) is 1.81. The van der Waals surface area contributed by atoms with Crippen LogP contribution in [0.3, 0.4) is 0 Å². The second-order valence-corrected chi connectivity index (χ2v) is 3.51. The van der Waals surface area contributed by atoms with E-state index in [2.05, 4.69) is 0 Å². The van der Waals surface area contributed by atoms with Crippen molar-refractivity contribution < 1.29 is 13.9 Å². The molecule has 0 aromatic heterocycles. The van der Waals surface area contributed by atoms with Crippen molar-refractivity contribution in [1.82, 2.24) is 0 Å². The highest BCUT2D eigenvalue weighted by atomic mass is 35.5. The molecular weight excluding hydrogens is 207 g/mol. The minimum atomic E-state index is -0.602. The van der Waals surface area contributed by atoms with Gasteiger partial charge in [0.15, 0.2) is 6.29 Å². The Morgan fingerprint density at radius 1 is 1.57 bits per heavy atom. The molecule has 2 nitrogen and oxygen atoms in total. The Kier molecular flexibility index (Phi) is 2.42. The Hall–Kier alpha value is -1.09. The summed E-state index contributed by atoms with van der Waals surface area (Å²) in [4.78, 5) is 10.7. The van der Waals surface area contributed by atoms with E-state index < -0.39 is 5.82 Å². The van der Waals surface area contributed by atoms with Crippen molar-refractivity contribution in [2.45, 2.75) is 12.8 Å². The van der Waals surface area contributed by atoms with Gasteiger partial charge in [-0.3, -0.25) is 4.79 Å². The van der Waals surface area contributed by atoms with E-state index in [1.807, 2.05) is 0 Å². The number of carbonyl (C=O) groups excluding carboxylic acids is 1. The smallest absolute Gasteiger partial charge is 0.152 e. The molecule has 14 heavy (non-hydrogen) atoms. The molecule has 1 aliphatic heterocycles. The van der Waals surface area contributed by atoms with Gasteiger partial charge in [-0.1, -0.05) is 11.6 Å². The van der Waals surface area contributed by atoms with Crippen LogP contribution in [-0.2, 0) is 6.42 Å². The van der Waals surface area contributed by atoms with E-state index in [9.17, 15) is 9.18 Å². The van der Waals surface area contributed by atoms with E-state index in [1.54, 1.807) is 0 Å². The van der Waals surface area contributed by atoms with E-state index in [4.69, 9.17) is 16.3 Å². The molecule has 74 valence electrons. The van der Waals surface area contributed by atoms with Gasteiger partial charge in [0.25, 0.3) is 0 Å². The number of carbonyl (C=O) groups is 1. The average Bonchev–Trinajstić information content (AvgIpc) is 2.20. The predicted octanol–water partition coefficient (Wildman–Crippen LogP) is 2.62. The second kappa shape index (κ2) is 3.58. The monoisotopic (exact) mass is 214 g/mol. The summed E-state index contributed by atoms with van der Waals surface area (Å²) in [5, 5.41) is -0.107. The van der Waals surface area contributed by atoms with Crippen molar-refractivity contribution in [3.05, 3.63) is 28.0 Å². The highest BCUT2D eigenvalue weighted by molar-refractivity contribution is 6.33. The molecule has 1 aromatic carbocycles. The third-order valence-electron chi connectivity index (χ3n) is 2.27. The minimum Gasteiger partial charge on any atom is -0.493 e. The van der Waals surface area contributed by atoms with E-state index in [0.29, 0.717) is 25.1 Å². The Balaban J connectivity index is 2.65. The third kappa shape index (κ3) is 1.38. The van der Waals surface area contributed by atoms with Gasteiger partial charge in [-0.15, -0.1) is 0 Å². The zero-order valence-corrected chi connectivity index (χ0v) is 8.10. The van der Waals surface area contributed by atoms with Crippen LogP contribution in [0.1, 0.15) is 22.3 Å². The molecule has 1 heterocycles. The fraction of sp³-hybridized carbons (Fsp3) is 0.300. The highest BCUT2D eigenvalue weighted by Crippen LogP contribution is 2.33. The first-order valence-electron chi connectivity index (χ1n) is 4.33. The molecule has 0 saturated carbocycles. The zero-order valence-electron chi connectivity index (χ0n) is 7.35. The molecule has 0 aliphatic carbocycles. The summed E-state index contributed by atoms with van der Waals surface area (Å²) in [6, 6.07) is 1.24. The van der Waals surface area contributed by atoms with Crippen LogP contribution in [0.15, 0.2) is 6.07 Å². The molecule has 0 N–H and O–H groups in total. The van der Waals surface area contributed by atoms with Crippen molar-refractivity contribution in [3.8, 4) is 5.75 Å². The van der Waals surface area contributed by atoms with E-state index in [-0.39, 0.29) is 10.6 Å². The molecule has 0 fully saturated rings. The van der Waals surface area contributed by atoms with Gasteiger partial charge < -0.3 is 4.74 Å². The van der Waals surface area contributed by atoms with Crippen LogP contribution in [0, 0.1) is 5.82 Å². The van der Waals surface area contributed by atoms with Crippen LogP contribution < -0.4 is 4.74 Å². The molecule has 0 saturated heterocycles. The summed E-state index contributed by atoms with van der Waals surface area (Å²) in [5.74, 6) is -0.158. The molecule has 1 aromatic rings. The predicted molar refractivity (Wildman–Crippen MR) is 50.6 cm³/mol. The molecule has 4 heteroatoms. The summed E-state index contributed by atoms with van der Waals surface area (Å²) in [5.41, 5.74) is 0.944. The zero-order chi connectivity index (χ0) is 10.1. The maximum atomic E-state index is 13.2. The molecule has 1 aliphatic rings. The van der Waals surface area contributed by atoms with Crippen LogP contribution in [0.2, 0.25) is 5.02 Å². The summed E-state index contributed by atoms with van der Waals surface area (Å²) in [6.07, 6.45) is 2.12. The maximum Gasteiger partial charge on any atom is 0.152 e. The Bertz CT molecular complexity index is 390. The van der Waals surface area contributed by atoms with Crippen molar-refractivity contribution >= 4 is 17.9 Å². The van der Waals surface area contributed by atoms with Crippen LogP contribution in [0.4, 0.5) is 4.39 Å². The first kappa shape index (κ1) is 9.46. The van der Waals surface area contributed by atoms with Gasteiger partial charge in [0.2, 0.25) is 0 Å². The standard InChI is InChI=1S/C10H8ClFO2/c11-10-7(5-13)6-2-1-3-14-9(6)4-8(10)12/h4-5H,1-3H2. The highest BCUT2D eigenvalue weighted by Gasteiger charge is 2.19. The van der Waals surface area contributed by atoms with Crippen molar-refractivity contribution in [1.29, 1.82) is 0 Å². The summed E-state index contributed by atoms with van der Waals surface area (Å²) in [7, 11) is 0. The SMILES string of the molecule is O=Cc1c(Cl)c(F)cc2c1CCCO2. The van der Waals surface area contributed by atoms with Crippen molar-refractivity contribution in [2.24, 2.45) is 0 Å². The number of ether oxygens (including phenoxy) is 1. The average molecular weight is 215 g/mol. The number of hydrogen-bond donors (Lipinski definition) is 0. The normalized spacial score (nSPS) is 14.4. The number of rotatable bonds is 1. The first-order valence-corrected chi connectivity index (χ1v) is 4.70. The van der Waals surface area contributed by atoms with Gasteiger partial charge in [0.05, 0.1) is 11.6 Å². The van der Waals surface area contributed by atoms with E-state index in [0.717, 1.165) is 12.0 Å². The van der Waals surface area contributed by atoms with Crippen LogP contribution in [0.5, 0.6) is 5.75 Å². The number of benzene rings is 1. The van der Waals surface area contributed by atoms with Crippen LogP contribution >= 0.6 is 11.6 Å². The van der Waals surface area contributed by atoms with Crippen LogP contribution in [0.25, 0.3) is 0 Å². The fourth-order valence-electron chi connectivity index (χ4n) is 1.60. The Labute approximate surface area is 85.6 Å². The third-order valence-corrected chi connectivity index (χ3v) is 2.66. The second-order valence-electron chi connectivity index (χ2n) is 3.13. The van der Waals surface area contributed by atoms with Gasteiger partial charge in [-0.25, -0.2) is 4.39 Å². The lowest BCUT2D eigenvalue weighted by atomic mass is 10.0. The number of aldehydes is 1. The molecular formula is C10H8ClFO2. The molecule has 2 rings (SSSR count). The van der Waals surface area contributed by atoms with E-state index >= 15 is 0 Å². The largest absolute Gasteiger partial charge is 0.493 e. The quantitative estimate of drug-likeness (QED) is 0.672. The lowest BCUT2D eigenvalue weighted by molar-refractivity contribution is 0.112. The van der Waals surface area contributed by atoms with Gasteiger partial charge in [-0.2, -0.15) is 0 Å². The van der Waals surface area contributed by atoms with Crippen molar-refractivity contribution in [3.63, 3.8) is 0 Å². The summed E-state index contributed by atoms with van der Waals surface area (Å²) < 4.78 is 18.4. The van der Waals surface area contributed by atoms with Gasteiger partial charge in [0, 0.05) is 17.2 Å². The summed E-state index contributed by atoms with van der Waals surface area (Å²) in [6.45, 7) is 0.562. The topological polar surface area (TPSA) is 26.3 Å². The Morgan fingerprint density at radius 3 is 3.07 bits per heavy atom. The summed E-state index contributed by atoms with van der Waals surface area (Å²) >= 11 is 5.67. The number of halogens is 2. The molecule has 0 bridgehead atoms. The molecule has 0 radical (unpaired) electrons. The molecule has 0 spiro atoms. The van der Waals surface area contributed by atoms with Crippen molar-refractivity contribution in [2.75, 3.05) is 6.61 Å². The lowest BCUT2D eigenvalue weighted by Crippen LogP contribution is -2.11. The number of hydrogen-bond acceptors (Lipinski definition) is 2. The number of fused-ring (bicyclic) bond motifs is 1. The minimum absolute atomic E-state index is 0.107. The van der Waals surface area contributed by atoms with Crippen LogP contribution in [-0.4, -0.2) is 12.9 Å². The van der Waals surface area contributed by atoms with Gasteiger partial charge in [-0.05, 0) is 12.8 Å². The molecule has 0 unspecified atom stereocenters. The molecule has 0 amide bonds. The maximum absolute atomic E-state index is 13.2. The van der Waals surface area contributed by atoms with Gasteiger partial charge in [0.1, 0.15) is 11.6 Å². The first-order chi connectivity index (χ1) is 6.74. The molecule has 0 atom stereocenters. The lowest BCUT2D eigenvalue weighted by Gasteiger charge is -2.19. The Morgan fingerprint density at radius 2 is 2.36 bits per heavy atom. The van der Waals surface area contributed by atoms with E-state index in [1.165, 1.54) is 6.07 Å².